The second-order valence-corrected chi connectivity index (χ2v) is 15.5. The van der Waals surface area contributed by atoms with Crippen LogP contribution in [0.1, 0.15) is 0 Å². The van der Waals surface area contributed by atoms with Gasteiger partial charge in [0.1, 0.15) is 11.2 Å². The topological polar surface area (TPSA) is 51.8 Å². The molecule has 2 aromatic heterocycles. The molecule has 0 bridgehead atoms. The Bertz CT molecular complexity index is 3600. The molecule has 0 saturated heterocycles. The van der Waals surface area contributed by atoms with E-state index in [1.165, 1.54) is 26.9 Å². The van der Waals surface area contributed by atoms with Crippen LogP contribution in [0.4, 0.5) is 0 Å². The summed E-state index contributed by atoms with van der Waals surface area (Å²) in [5.41, 5.74) is 11.1. The molecule has 12 aromatic rings. The molecule has 0 fully saturated rings. The summed E-state index contributed by atoms with van der Waals surface area (Å²) < 4.78 is 6.83. The number of para-hydroxylation sites is 1. The summed E-state index contributed by atoms with van der Waals surface area (Å²) in [6, 6.07) is 74.5. The minimum absolute atomic E-state index is 0.582. The molecule has 0 unspecified atom stereocenters. The van der Waals surface area contributed by atoms with E-state index in [0.29, 0.717) is 17.5 Å². The van der Waals surface area contributed by atoms with Crippen molar-refractivity contribution in [2.24, 2.45) is 0 Å². The molecule has 4 heteroatoms. The highest BCUT2D eigenvalue weighted by Gasteiger charge is 2.21. The van der Waals surface area contributed by atoms with E-state index in [9.17, 15) is 0 Å². The molecule has 4 nitrogen and oxygen atoms in total. The summed E-state index contributed by atoms with van der Waals surface area (Å²) >= 11 is 0. The number of furan rings is 1. The Kier molecular flexibility index (Phi) is 8.13. The monoisotopic (exact) mass is 777 g/mol. The minimum Gasteiger partial charge on any atom is -0.455 e. The summed E-state index contributed by atoms with van der Waals surface area (Å²) in [6.07, 6.45) is 0. The van der Waals surface area contributed by atoms with Crippen LogP contribution in [-0.2, 0) is 0 Å². The van der Waals surface area contributed by atoms with Crippen molar-refractivity contribution >= 4 is 54.3 Å². The molecular weight excluding hydrogens is 743 g/mol. The van der Waals surface area contributed by atoms with E-state index in [4.69, 9.17) is 19.4 Å². The maximum Gasteiger partial charge on any atom is 0.164 e. The first-order chi connectivity index (χ1) is 30.2. The highest BCUT2D eigenvalue weighted by Crippen LogP contribution is 2.43. The molecule has 0 radical (unpaired) electrons. The zero-order valence-corrected chi connectivity index (χ0v) is 33.0. The lowest BCUT2D eigenvalue weighted by molar-refractivity contribution is 0.670. The standard InChI is InChI=1S/C57H35N3O/c1-3-15-36(16-4-1)37-29-31-39(32-30-37)55-58-56(40-33-34-47-45-23-10-9-21-43(45)44-22-11-12-24-46(44)51(47)35-40)60-57(59-55)50-27-14-28-52-53(50)49-26-13-25-48(54(49)61-52)42-20-8-7-19-41(42)38-17-5-2-6-18-38/h1-35H. The number of nitrogens with zero attached hydrogens (tertiary/aromatic N) is 3. The first kappa shape index (κ1) is 34.8. The van der Waals surface area contributed by atoms with Crippen LogP contribution in [0.25, 0.3) is 122 Å². The van der Waals surface area contributed by atoms with Crippen LogP contribution in [0.3, 0.4) is 0 Å². The fraction of sp³-hybridized carbons (Fsp3) is 0. The van der Waals surface area contributed by atoms with Crippen molar-refractivity contribution in [3.05, 3.63) is 212 Å². The highest BCUT2D eigenvalue weighted by molar-refractivity contribution is 6.25. The zero-order valence-electron chi connectivity index (χ0n) is 33.0. The second kappa shape index (κ2) is 14.3. The first-order valence-electron chi connectivity index (χ1n) is 20.6. The van der Waals surface area contributed by atoms with E-state index in [1.54, 1.807) is 0 Å². The Morgan fingerprint density at radius 1 is 0.262 bits per heavy atom. The molecule has 2 heterocycles. The quantitative estimate of drug-likeness (QED) is 0.158. The van der Waals surface area contributed by atoms with Gasteiger partial charge in [-0.1, -0.05) is 200 Å². The molecule has 0 N–H and O–H groups in total. The molecule has 12 rings (SSSR count). The van der Waals surface area contributed by atoms with E-state index in [0.717, 1.165) is 77.4 Å². The predicted octanol–water partition coefficient (Wildman–Crippen LogP) is 15.2. The van der Waals surface area contributed by atoms with Gasteiger partial charge in [-0.05, 0) is 72.3 Å². The molecule has 0 aliphatic carbocycles. The summed E-state index contributed by atoms with van der Waals surface area (Å²) in [5, 5.41) is 9.22. The normalized spacial score (nSPS) is 11.6. The van der Waals surface area contributed by atoms with Gasteiger partial charge in [-0.25, -0.2) is 15.0 Å². The maximum absolute atomic E-state index is 6.83. The highest BCUT2D eigenvalue weighted by atomic mass is 16.3. The Labute approximate surface area is 352 Å². The molecule has 0 atom stereocenters. The Balaban J connectivity index is 1.07. The van der Waals surface area contributed by atoms with Gasteiger partial charge in [0, 0.05) is 33.0 Å². The van der Waals surface area contributed by atoms with Crippen LogP contribution < -0.4 is 0 Å². The van der Waals surface area contributed by atoms with Crippen molar-refractivity contribution in [1.82, 2.24) is 15.0 Å². The SMILES string of the molecule is c1ccc(-c2ccc(-c3nc(-c4ccc5c6ccccc6c6ccccc6c5c4)nc(-c4cccc5oc6c(-c7ccccc7-c7ccccc7)cccc6c45)n3)cc2)cc1. The third-order valence-corrected chi connectivity index (χ3v) is 12.0. The van der Waals surface area contributed by atoms with Crippen LogP contribution in [0.15, 0.2) is 217 Å². The lowest BCUT2D eigenvalue weighted by Gasteiger charge is -2.13. The molecular formula is C57H35N3O. The largest absolute Gasteiger partial charge is 0.455 e. The van der Waals surface area contributed by atoms with Gasteiger partial charge in [0.05, 0.1) is 0 Å². The number of benzene rings is 10. The van der Waals surface area contributed by atoms with Crippen LogP contribution in [0, 0.1) is 0 Å². The fourth-order valence-corrected chi connectivity index (χ4v) is 9.08. The Morgan fingerprint density at radius 2 is 0.721 bits per heavy atom. The van der Waals surface area contributed by atoms with Gasteiger partial charge < -0.3 is 4.42 Å². The van der Waals surface area contributed by atoms with E-state index >= 15 is 0 Å². The van der Waals surface area contributed by atoms with Crippen molar-refractivity contribution in [2.75, 3.05) is 0 Å². The molecule has 10 aromatic carbocycles. The van der Waals surface area contributed by atoms with Crippen molar-refractivity contribution < 1.29 is 4.42 Å². The van der Waals surface area contributed by atoms with Crippen molar-refractivity contribution in [3.63, 3.8) is 0 Å². The smallest absolute Gasteiger partial charge is 0.164 e. The third-order valence-electron chi connectivity index (χ3n) is 12.0. The summed E-state index contributed by atoms with van der Waals surface area (Å²) in [6.45, 7) is 0. The van der Waals surface area contributed by atoms with E-state index in [1.807, 2.05) is 18.2 Å². The minimum atomic E-state index is 0.582. The molecule has 61 heavy (non-hydrogen) atoms. The number of aromatic nitrogens is 3. The zero-order chi connectivity index (χ0) is 40.3. The number of hydrogen-bond donors (Lipinski definition) is 0. The fourth-order valence-electron chi connectivity index (χ4n) is 9.08. The molecule has 0 amide bonds. The van der Waals surface area contributed by atoms with E-state index in [-0.39, 0.29) is 0 Å². The summed E-state index contributed by atoms with van der Waals surface area (Å²) in [4.78, 5) is 15.8. The van der Waals surface area contributed by atoms with Crippen molar-refractivity contribution in [3.8, 4) is 67.5 Å². The molecule has 0 spiro atoms. The lowest BCUT2D eigenvalue weighted by atomic mass is 9.93. The van der Waals surface area contributed by atoms with Gasteiger partial charge >= 0.3 is 0 Å². The van der Waals surface area contributed by atoms with E-state index in [2.05, 4.69) is 194 Å². The van der Waals surface area contributed by atoms with Crippen LogP contribution in [0.5, 0.6) is 0 Å². The summed E-state index contributed by atoms with van der Waals surface area (Å²) in [7, 11) is 0. The van der Waals surface area contributed by atoms with Gasteiger partial charge in [-0.15, -0.1) is 0 Å². The maximum atomic E-state index is 6.83. The Morgan fingerprint density at radius 3 is 1.43 bits per heavy atom. The predicted molar refractivity (Wildman–Crippen MR) is 252 cm³/mol. The molecule has 0 aliphatic rings. The van der Waals surface area contributed by atoms with E-state index < -0.39 is 0 Å². The van der Waals surface area contributed by atoms with Gasteiger partial charge in [-0.2, -0.15) is 0 Å². The average Bonchev–Trinajstić information content (AvgIpc) is 3.74. The van der Waals surface area contributed by atoms with Crippen molar-refractivity contribution in [2.45, 2.75) is 0 Å². The van der Waals surface area contributed by atoms with Gasteiger partial charge in [0.15, 0.2) is 17.5 Å². The average molecular weight is 778 g/mol. The number of rotatable bonds is 6. The number of hydrogen-bond acceptors (Lipinski definition) is 4. The molecule has 0 saturated carbocycles. The van der Waals surface area contributed by atoms with Gasteiger partial charge in [-0.3, -0.25) is 0 Å². The lowest BCUT2D eigenvalue weighted by Crippen LogP contribution is -2.00. The first-order valence-corrected chi connectivity index (χ1v) is 20.6. The second-order valence-electron chi connectivity index (χ2n) is 15.5. The molecule has 284 valence electrons. The van der Waals surface area contributed by atoms with Gasteiger partial charge in [0.2, 0.25) is 0 Å². The Hall–Kier alpha value is -8.21. The summed E-state index contributed by atoms with van der Waals surface area (Å²) in [5.74, 6) is 1.79. The third kappa shape index (κ3) is 5.88. The van der Waals surface area contributed by atoms with Crippen LogP contribution in [0.2, 0.25) is 0 Å². The van der Waals surface area contributed by atoms with Crippen molar-refractivity contribution in [1.29, 1.82) is 0 Å². The number of fused-ring (bicyclic) bond motifs is 9. The van der Waals surface area contributed by atoms with Crippen LogP contribution in [-0.4, -0.2) is 15.0 Å². The molecule has 0 aliphatic heterocycles. The van der Waals surface area contributed by atoms with Crippen LogP contribution >= 0.6 is 0 Å². The van der Waals surface area contributed by atoms with Gasteiger partial charge in [0.25, 0.3) is 0 Å².